The highest BCUT2D eigenvalue weighted by Crippen LogP contribution is 2.16. The minimum Gasteiger partial charge on any atom is -0.465 e. The molecular weight excluding hydrogens is 322 g/mol. The van der Waals surface area contributed by atoms with Crippen LogP contribution in [0, 0.1) is 0 Å². The van der Waals surface area contributed by atoms with E-state index in [1.165, 1.54) is 18.9 Å². The van der Waals surface area contributed by atoms with Crippen LogP contribution in [0.2, 0.25) is 0 Å². The van der Waals surface area contributed by atoms with Gasteiger partial charge in [0.25, 0.3) is 0 Å². The van der Waals surface area contributed by atoms with Crippen molar-refractivity contribution in [1.29, 1.82) is 0 Å². The number of anilines is 1. The minimum atomic E-state index is -0.432. The second kappa shape index (κ2) is 10.5. The average Bonchev–Trinajstić information content (AvgIpc) is 2.58. The van der Waals surface area contributed by atoms with Crippen molar-refractivity contribution < 1.29 is 19.1 Å². The van der Waals surface area contributed by atoms with E-state index < -0.39 is 5.97 Å². The second-order valence-corrected chi connectivity index (χ2v) is 5.97. The number of benzene rings is 1. The van der Waals surface area contributed by atoms with Gasteiger partial charge in [0.1, 0.15) is 0 Å². The number of hydrogen-bond donors (Lipinski definition) is 1. The standard InChI is InChI=1S/C18H27N3O4/c1-14(22)21(13-10-17(23)19-11-5-12-20(2)3)16-8-6-15(7-9-16)18(24)25-4/h6-9H,5,10-13H2,1-4H3,(H,19,23). The summed E-state index contributed by atoms with van der Waals surface area (Å²) in [5, 5.41) is 2.85. The van der Waals surface area contributed by atoms with Crippen molar-refractivity contribution in [1.82, 2.24) is 10.2 Å². The van der Waals surface area contributed by atoms with E-state index >= 15 is 0 Å². The summed E-state index contributed by atoms with van der Waals surface area (Å²) in [4.78, 5) is 38.8. The highest BCUT2D eigenvalue weighted by molar-refractivity contribution is 5.94. The van der Waals surface area contributed by atoms with Gasteiger partial charge >= 0.3 is 5.97 Å². The van der Waals surface area contributed by atoms with Crippen LogP contribution in [0.25, 0.3) is 0 Å². The monoisotopic (exact) mass is 349 g/mol. The summed E-state index contributed by atoms with van der Waals surface area (Å²) in [6.07, 6.45) is 1.10. The molecule has 0 aromatic heterocycles. The van der Waals surface area contributed by atoms with E-state index in [1.807, 2.05) is 14.1 Å². The van der Waals surface area contributed by atoms with Crippen LogP contribution >= 0.6 is 0 Å². The van der Waals surface area contributed by atoms with Gasteiger partial charge in [0, 0.05) is 32.1 Å². The summed E-state index contributed by atoms with van der Waals surface area (Å²) in [7, 11) is 5.28. The van der Waals surface area contributed by atoms with Gasteiger partial charge in [-0.05, 0) is 51.3 Å². The molecular formula is C18H27N3O4. The number of methoxy groups -OCH3 is 1. The maximum atomic E-state index is 11.9. The van der Waals surface area contributed by atoms with Crippen molar-refractivity contribution in [2.24, 2.45) is 0 Å². The van der Waals surface area contributed by atoms with Crippen LogP contribution in [0.15, 0.2) is 24.3 Å². The maximum Gasteiger partial charge on any atom is 0.337 e. The number of hydrogen-bond acceptors (Lipinski definition) is 5. The van der Waals surface area contributed by atoms with Crippen molar-refractivity contribution >= 4 is 23.5 Å². The molecule has 138 valence electrons. The Labute approximate surface area is 148 Å². The zero-order valence-corrected chi connectivity index (χ0v) is 15.4. The molecule has 0 heterocycles. The molecule has 25 heavy (non-hydrogen) atoms. The molecule has 0 aliphatic carbocycles. The first-order valence-electron chi connectivity index (χ1n) is 8.23. The molecule has 0 spiro atoms. The lowest BCUT2D eigenvalue weighted by Gasteiger charge is -2.21. The lowest BCUT2D eigenvalue weighted by Crippen LogP contribution is -2.34. The van der Waals surface area contributed by atoms with Crippen LogP contribution in [-0.4, -0.2) is 63.5 Å². The van der Waals surface area contributed by atoms with Gasteiger partial charge in [0.2, 0.25) is 11.8 Å². The molecule has 0 atom stereocenters. The molecule has 2 amide bonds. The van der Waals surface area contributed by atoms with Crippen molar-refractivity contribution in [3.63, 3.8) is 0 Å². The molecule has 1 aromatic rings. The van der Waals surface area contributed by atoms with Crippen LogP contribution in [-0.2, 0) is 14.3 Å². The third-order valence-electron chi connectivity index (χ3n) is 3.65. The zero-order valence-electron chi connectivity index (χ0n) is 15.4. The van der Waals surface area contributed by atoms with Crippen LogP contribution in [0.3, 0.4) is 0 Å². The molecule has 1 rings (SSSR count). The number of rotatable bonds is 9. The second-order valence-electron chi connectivity index (χ2n) is 5.97. The quantitative estimate of drug-likeness (QED) is 0.537. The Kier molecular flexibility index (Phi) is 8.63. The van der Waals surface area contributed by atoms with Crippen LogP contribution in [0.4, 0.5) is 5.69 Å². The molecule has 1 N–H and O–H groups in total. The molecule has 7 nitrogen and oxygen atoms in total. The predicted octanol–water partition coefficient (Wildman–Crippen LogP) is 1.28. The van der Waals surface area contributed by atoms with Gasteiger partial charge in [0.15, 0.2) is 0 Å². The van der Waals surface area contributed by atoms with Crippen molar-refractivity contribution in [2.45, 2.75) is 19.8 Å². The molecule has 0 bridgehead atoms. The molecule has 0 saturated heterocycles. The Morgan fingerprint density at radius 3 is 2.24 bits per heavy atom. The first-order valence-corrected chi connectivity index (χ1v) is 8.23. The Bertz CT molecular complexity index is 584. The van der Waals surface area contributed by atoms with Gasteiger partial charge in [-0.1, -0.05) is 0 Å². The van der Waals surface area contributed by atoms with E-state index in [4.69, 9.17) is 0 Å². The normalized spacial score (nSPS) is 10.4. The Hall–Kier alpha value is -2.41. The molecule has 0 aliphatic rings. The average molecular weight is 349 g/mol. The van der Waals surface area contributed by atoms with E-state index in [-0.39, 0.29) is 24.8 Å². The Balaban J connectivity index is 2.56. The predicted molar refractivity (Wildman–Crippen MR) is 96.6 cm³/mol. The van der Waals surface area contributed by atoms with Gasteiger partial charge < -0.3 is 19.9 Å². The van der Waals surface area contributed by atoms with Crippen molar-refractivity contribution in [3.05, 3.63) is 29.8 Å². The summed E-state index contributed by atoms with van der Waals surface area (Å²) in [6.45, 7) is 3.26. The molecule has 0 unspecified atom stereocenters. The molecule has 7 heteroatoms. The number of ether oxygens (including phenoxy) is 1. The molecule has 1 aromatic carbocycles. The lowest BCUT2D eigenvalue weighted by atomic mass is 10.2. The van der Waals surface area contributed by atoms with E-state index in [0.29, 0.717) is 17.8 Å². The largest absolute Gasteiger partial charge is 0.465 e. The Morgan fingerprint density at radius 2 is 1.72 bits per heavy atom. The number of amides is 2. The molecule has 0 saturated carbocycles. The fraction of sp³-hybridized carbons (Fsp3) is 0.500. The number of nitrogens with zero attached hydrogens (tertiary/aromatic N) is 2. The number of carbonyl (C=O) groups excluding carboxylic acids is 3. The SMILES string of the molecule is COC(=O)c1ccc(N(CCC(=O)NCCCN(C)C)C(C)=O)cc1. The van der Waals surface area contributed by atoms with Gasteiger partial charge in [-0.25, -0.2) is 4.79 Å². The number of esters is 1. The fourth-order valence-corrected chi connectivity index (χ4v) is 2.29. The van der Waals surface area contributed by atoms with Crippen molar-refractivity contribution in [2.75, 3.05) is 45.7 Å². The summed E-state index contributed by atoms with van der Waals surface area (Å²) < 4.78 is 4.65. The summed E-state index contributed by atoms with van der Waals surface area (Å²) in [6, 6.07) is 6.53. The topological polar surface area (TPSA) is 79.0 Å². The number of carbonyl (C=O) groups is 3. The Morgan fingerprint density at radius 1 is 1.08 bits per heavy atom. The minimum absolute atomic E-state index is 0.0869. The number of nitrogens with one attached hydrogen (secondary N) is 1. The van der Waals surface area contributed by atoms with Crippen LogP contribution in [0.1, 0.15) is 30.1 Å². The molecule has 0 radical (unpaired) electrons. The van der Waals surface area contributed by atoms with E-state index in [1.54, 1.807) is 24.3 Å². The van der Waals surface area contributed by atoms with Crippen molar-refractivity contribution in [3.8, 4) is 0 Å². The van der Waals surface area contributed by atoms with E-state index in [2.05, 4.69) is 15.0 Å². The summed E-state index contributed by atoms with van der Waals surface area (Å²) >= 11 is 0. The third-order valence-corrected chi connectivity index (χ3v) is 3.65. The van der Waals surface area contributed by atoms with Crippen LogP contribution in [0.5, 0.6) is 0 Å². The zero-order chi connectivity index (χ0) is 18.8. The maximum absolute atomic E-state index is 11.9. The third kappa shape index (κ3) is 7.34. The molecule has 0 fully saturated rings. The lowest BCUT2D eigenvalue weighted by molar-refractivity contribution is -0.121. The van der Waals surface area contributed by atoms with Crippen LogP contribution < -0.4 is 10.2 Å². The van der Waals surface area contributed by atoms with Gasteiger partial charge in [-0.3, -0.25) is 9.59 Å². The smallest absolute Gasteiger partial charge is 0.337 e. The van der Waals surface area contributed by atoms with Gasteiger partial charge in [0.05, 0.1) is 12.7 Å². The van der Waals surface area contributed by atoms with E-state index in [9.17, 15) is 14.4 Å². The van der Waals surface area contributed by atoms with Gasteiger partial charge in [-0.2, -0.15) is 0 Å². The first-order chi connectivity index (χ1) is 11.8. The highest BCUT2D eigenvalue weighted by atomic mass is 16.5. The summed E-state index contributed by atoms with van der Waals surface area (Å²) in [5.74, 6) is -0.680. The van der Waals surface area contributed by atoms with Gasteiger partial charge in [-0.15, -0.1) is 0 Å². The highest BCUT2D eigenvalue weighted by Gasteiger charge is 2.14. The summed E-state index contributed by atoms with van der Waals surface area (Å²) in [5.41, 5.74) is 1.05. The fourth-order valence-electron chi connectivity index (χ4n) is 2.29. The first kappa shape index (κ1) is 20.6. The molecule has 0 aliphatic heterocycles. The van der Waals surface area contributed by atoms with E-state index in [0.717, 1.165) is 13.0 Å².